The summed E-state index contributed by atoms with van der Waals surface area (Å²) < 4.78 is 41.0. The van der Waals surface area contributed by atoms with Crippen LogP contribution in [0.2, 0.25) is 0 Å². The molecule has 2 fully saturated rings. The minimum atomic E-state index is -0.984. The average Bonchev–Trinajstić information content (AvgIpc) is 2.76. The van der Waals surface area contributed by atoms with Gasteiger partial charge in [0, 0.05) is 11.5 Å². The van der Waals surface area contributed by atoms with Crippen molar-refractivity contribution < 1.29 is 22.9 Å². The molecular weight excluding hydrogens is 339 g/mol. The fourth-order valence-electron chi connectivity index (χ4n) is 3.43. The summed E-state index contributed by atoms with van der Waals surface area (Å²) in [6.07, 6.45) is 4.85. The maximum Gasteiger partial charge on any atom is 0.497 e. The highest BCUT2D eigenvalue weighted by atomic mass is 19.1. The number of hydrogen-bond donors (Lipinski definition) is 1. The summed E-state index contributed by atoms with van der Waals surface area (Å²) in [6, 6.07) is 2.35. The zero-order chi connectivity index (χ0) is 19.1. The molecule has 1 saturated carbocycles. The van der Waals surface area contributed by atoms with E-state index in [2.05, 4.69) is 5.32 Å². The molecule has 1 aliphatic heterocycles. The summed E-state index contributed by atoms with van der Waals surface area (Å²) in [4.78, 5) is 12.5. The number of carbonyl (C=O) groups excluding carboxylic acids is 1. The van der Waals surface area contributed by atoms with Gasteiger partial charge in [0.2, 0.25) is 0 Å². The van der Waals surface area contributed by atoms with Crippen molar-refractivity contribution in [1.29, 1.82) is 0 Å². The number of carbonyl (C=O) groups is 1. The number of amides is 1. The molecule has 0 atom stereocenters. The SMILES string of the molecule is CC1(C)OB(c2ccc(F)c(C(=O)NC3CCCCC3)c2F)OC1(C)C. The standard InChI is InChI=1S/C19H26BF2NO3/c1-18(2)19(3,4)26-20(25-18)13-10-11-14(21)15(16(13)22)17(24)23-12-8-6-5-7-9-12/h10-12H,5-9H2,1-4H3,(H,23,24). The minimum Gasteiger partial charge on any atom is -0.399 e. The van der Waals surface area contributed by atoms with E-state index in [9.17, 15) is 9.18 Å². The molecule has 1 saturated heterocycles. The van der Waals surface area contributed by atoms with Gasteiger partial charge in [0.1, 0.15) is 17.2 Å². The molecular formula is C19H26BF2NO3. The molecule has 7 heteroatoms. The second kappa shape index (κ2) is 6.93. The van der Waals surface area contributed by atoms with Crippen molar-refractivity contribution in [3.63, 3.8) is 0 Å². The Bertz CT molecular complexity index is 686. The number of benzene rings is 1. The highest BCUT2D eigenvalue weighted by Gasteiger charge is 2.52. The van der Waals surface area contributed by atoms with E-state index in [4.69, 9.17) is 9.31 Å². The van der Waals surface area contributed by atoms with Crippen molar-refractivity contribution in [2.75, 3.05) is 0 Å². The Hall–Kier alpha value is -1.47. The summed E-state index contributed by atoms with van der Waals surface area (Å²) in [5, 5.41) is 2.77. The summed E-state index contributed by atoms with van der Waals surface area (Å²) in [5.41, 5.74) is -1.83. The zero-order valence-corrected chi connectivity index (χ0v) is 15.8. The van der Waals surface area contributed by atoms with Crippen LogP contribution in [0.4, 0.5) is 8.78 Å². The monoisotopic (exact) mass is 365 g/mol. The van der Waals surface area contributed by atoms with E-state index in [1.165, 1.54) is 6.07 Å². The maximum atomic E-state index is 15.0. The van der Waals surface area contributed by atoms with Crippen LogP contribution in [0, 0.1) is 11.6 Å². The van der Waals surface area contributed by atoms with Crippen LogP contribution in [0.1, 0.15) is 70.2 Å². The van der Waals surface area contributed by atoms with Crippen molar-refractivity contribution >= 4 is 18.5 Å². The van der Waals surface area contributed by atoms with Gasteiger partial charge in [0.25, 0.3) is 5.91 Å². The number of nitrogens with one attached hydrogen (secondary N) is 1. The van der Waals surface area contributed by atoms with Crippen LogP contribution in [0.15, 0.2) is 12.1 Å². The normalized spacial score (nSPS) is 22.5. The van der Waals surface area contributed by atoms with E-state index in [-0.39, 0.29) is 11.5 Å². The first kappa shape index (κ1) is 19.3. The Morgan fingerprint density at radius 2 is 1.65 bits per heavy atom. The van der Waals surface area contributed by atoms with Crippen molar-refractivity contribution in [3.8, 4) is 0 Å². The molecule has 1 heterocycles. The molecule has 26 heavy (non-hydrogen) atoms. The molecule has 2 aliphatic rings. The van der Waals surface area contributed by atoms with Crippen molar-refractivity contribution in [1.82, 2.24) is 5.32 Å². The van der Waals surface area contributed by atoms with Gasteiger partial charge < -0.3 is 14.6 Å². The molecule has 0 bridgehead atoms. The summed E-state index contributed by atoms with van der Waals surface area (Å²) in [6.45, 7) is 7.41. The molecule has 1 amide bonds. The smallest absolute Gasteiger partial charge is 0.399 e. The second-order valence-corrected chi connectivity index (χ2v) is 8.22. The molecule has 1 aliphatic carbocycles. The van der Waals surface area contributed by atoms with Crippen molar-refractivity contribution in [3.05, 3.63) is 29.3 Å². The lowest BCUT2D eigenvalue weighted by Gasteiger charge is -2.32. The lowest BCUT2D eigenvalue weighted by molar-refractivity contribution is 0.00578. The van der Waals surface area contributed by atoms with E-state index in [0.29, 0.717) is 0 Å². The summed E-state index contributed by atoms with van der Waals surface area (Å²) in [5.74, 6) is -2.52. The third-order valence-electron chi connectivity index (χ3n) is 5.80. The Labute approximate surface area is 153 Å². The van der Waals surface area contributed by atoms with E-state index in [0.717, 1.165) is 38.2 Å². The molecule has 0 spiro atoms. The lowest BCUT2D eigenvalue weighted by Crippen LogP contribution is -2.41. The topological polar surface area (TPSA) is 47.6 Å². The van der Waals surface area contributed by atoms with E-state index >= 15 is 4.39 Å². The molecule has 0 radical (unpaired) electrons. The highest BCUT2D eigenvalue weighted by molar-refractivity contribution is 6.62. The van der Waals surface area contributed by atoms with Crippen LogP contribution >= 0.6 is 0 Å². The predicted molar refractivity (Wildman–Crippen MR) is 96.4 cm³/mol. The Kier molecular flexibility index (Phi) is 5.14. The number of halogens is 2. The van der Waals surface area contributed by atoms with Gasteiger partial charge in [-0.2, -0.15) is 0 Å². The van der Waals surface area contributed by atoms with Crippen molar-refractivity contribution in [2.24, 2.45) is 0 Å². The summed E-state index contributed by atoms with van der Waals surface area (Å²) >= 11 is 0. The van der Waals surface area contributed by atoms with Crippen LogP contribution in [-0.4, -0.2) is 30.3 Å². The van der Waals surface area contributed by atoms with Gasteiger partial charge in [0.05, 0.1) is 11.2 Å². The van der Waals surface area contributed by atoms with E-state index in [1.54, 1.807) is 0 Å². The second-order valence-electron chi connectivity index (χ2n) is 8.22. The zero-order valence-electron chi connectivity index (χ0n) is 15.8. The first-order chi connectivity index (χ1) is 12.1. The first-order valence-corrected chi connectivity index (χ1v) is 9.27. The quantitative estimate of drug-likeness (QED) is 0.836. The fourth-order valence-corrected chi connectivity index (χ4v) is 3.43. The molecule has 142 valence electrons. The van der Waals surface area contributed by atoms with Crippen molar-refractivity contribution in [2.45, 2.75) is 77.0 Å². The van der Waals surface area contributed by atoms with Gasteiger partial charge >= 0.3 is 7.12 Å². The van der Waals surface area contributed by atoms with Crippen LogP contribution in [0.25, 0.3) is 0 Å². The van der Waals surface area contributed by atoms with E-state index in [1.807, 2.05) is 27.7 Å². The molecule has 1 N–H and O–H groups in total. The minimum absolute atomic E-state index is 0.0319. The van der Waals surface area contributed by atoms with Gasteiger partial charge in [-0.15, -0.1) is 0 Å². The van der Waals surface area contributed by atoms with Gasteiger partial charge in [-0.3, -0.25) is 4.79 Å². The van der Waals surface area contributed by atoms with Crippen LogP contribution < -0.4 is 10.8 Å². The third-order valence-corrected chi connectivity index (χ3v) is 5.80. The van der Waals surface area contributed by atoms with Crippen LogP contribution in [0.5, 0.6) is 0 Å². The molecule has 0 aromatic heterocycles. The lowest BCUT2D eigenvalue weighted by atomic mass is 9.77. The summed E-state index contributed by atoms with van der Waals surface area (Å²) in [7, 11) is -0.984. The molecule has 1 aromatic rings. The molecule has 3 rings (SSSR count). The Balaban J connectivity index is 1.86. The van der Waals surface area contributed by atoms with E-state index < -0.39 is 41.4 Å². The highest BCUT2D eigenvalue weighted by Crippen LogP contribution is 2.36. The molecule has 1 aromatic carbocycles. The Morgan fingerprint density at radius 1 is 1.08 bits per heavy atom. The molecule has 4 nitrogen and oxygen atoms in total. The number of rotatable bonds is 3. The Morgan fingerprint density at radius 3 is 2.23 bits per heavy atom. The average molecular weight is 365 g/mol. The van der Waals surface area contributed by atoms with Gasteiger partial charge in [-0.25, -0.2) is 8.78 Å². The van der Waals surface area contributed by atoms with Gasteiger partial charge in [-0.1, -0.05) is 25.3 Å². The first-order valence-electron chi connectivity index (χ1n) is 9.27. The maximum absolute atomic E-state index is 15.0. The van der Waals surface area contributed by atoms with Crippen LogP contribution in [-0.2, 0) is 9.31 Å². The fraction of sp³-hybridized carbons (Fsp3) is 0.632. The third kappa shape index (κ3) is 3.51. The van der Waals surface area contributed by atoms with Gasteiger partial charge in [-0.05, 0) is 46.6 Å². The molecule has 0 unspecified atom stereocenters. The number of hydrogen-bond acceptors (Lipinski definition) is 3. The van der Waals surface area contributed by atoms with Gasteiger partial charge in [0.15, 0.2) is 0 Å². The largest absolute Gasteiger partial charge is 0.497 e. The predicted octanol–water partition coefficient (Wildman–Crippen LogP) is 3.33. The van der Waals surface area contributed by atoms with Crippen LogP contribution in [0.3, 0.4) is 0 Å².